The number of carbonyl (C=O) groups is 3. The monoisotopic (exact) mass is 367 g/mol. The molecule has 0 fully saturated rings. The quantitative estimate of drug-likeness (QED) is 0.716. The first-order valence-corrected chi connectivity index (χ1v) is 7.93. The van der Waals surface area contributed by atoms with E-state index in [1.54, 1.807) is 30.3 Å². The Bertz CT molecular complexity index is 1010. The number of hydrogen-bond acceptors (Lipinski definition) is 5. The highest BCUT2D eigenvalue weighted by atomic mass is 35.5. The van der Waals surface area contributed by atoms with Crippen LogP contribution in [-0.4, -0.2) is 22.9 Å². The Labute approximate surface area is 152 Å². The van der Waals surface area contributed by atoms with Crippen LogP contribution in [0.3, 0.4) is 0 Å². The van der Waals surface area contributed by atoms with Crippen molar-refractivity contribution in [3.8, 4) is 0 Å². The molecule has 128 valence electrons. The van der Waals surface area contributed by atoms with E-state index in [0.717, 1.165) is 4.90 Å². The zero-order chi connectivity index (χ0) is 18.3. The number of carbonyl (C=O) groups excluding carboxylic acids is 3. The number of nitrogens with zero attached hydrogens (tertiary/aromatic N) is 2. The maximum atomic E-state index is 12.5. The van der Waals surface area contributed by atoms with Gasteiger partial charge in [-0.25, -0.2) is 4.90 Å². The maximum absolute atomic E-state index is 12.5. The molecule has 2 heterocycles. The highest BCUT2D eigenvalue weighted by Crippen LogP contribution is 2.34. The van der Waals surface area contributed by atoms with E-state index in [0.29, 0.717) is 16.8 Å². The molecule has 0 saturated heterocycles. The molecule has 1 aliphatic heterocycles. The van der Waals surface area contributed by atoms with Gasteiger partial charge in [0.1, 0.15) is 0 Å². The second kappa shape index (κ2) is 6.12. The summed E-state index contributed by atoms with van der Waals surface area (Å²) < 4.78 is 4.77. The molecule has 3 aromatic rings. The first-order chi connectivity index (χ1) is 12.6. The number of amides is 3. The van der Waals surface area contributed by atoms with Crippen molar-refractivity contribution in [1.29, 1.82) is 0 Å². The molecule has 0 radical (unpaired) electrons. The largest absolute Gasteiger partial charge is 0.351 e. The van der Waals surface area contributed by atoms with Gasteiger partial charge in [-0.1, -0.05) is 28.9 Å². The van der Waals surface area contributed by atoms with Gasteiger partial charge in [-0.05, 0) is 30.3 Å². The van der Waals surface area contributed by atoms with Gasteiger partial charge < -0.3 is 9.84 Å². The fourth-order valence-electron chi connectivity index (χ4n) is 2.70. The molecule has 1 N–H and O–H groups in total. The minimum absolute atomic E-state index is 0.0468. The lowest BCUT2D eigenvalue weighted by Gasteiger charge is -2.16. The lowest BCUT2D eigenvalue weighted by atomic mass is 10.1. The Balaban J connectivity index is 1.62. The topological polar surface area (TPSA) is 92.5 Å². The van der Waals surface area contributed by atoms with Gasteiger partial charge in [-0.15, -0.1) is 0 Å². The average Bonchev–Trinajstić information content (AvgIpc) is 3.25. The molecule has 2 aromatic carbocycles. The van der Waals surface area contributed by atoms with Crippen molar-refractivity contribution in [2.45, 2.75) is 0 Å². The van der Waals surface area contributed by atoms with Crippen LogP contribution in [0.15, 0.2) is 59.3 Å². The average molecular weight is 368 g/mol. The van der Waals surface area contributed by atoms with E-state index >= 15 is 0 Å². The molecule has 3 amide bonds. The zero-order valence-electron chi connectivity index (χ0n) is 13.1. The second-order valence-corrected chi connectivity index (χ2v) is 5.90. The van der Waals surface area contributed by atoms with Gasteiger partial charge in [-0.2, -0.15) is 0 Å². The molecule has 7 nitrogen and oxygen atoms in total. The summed E-state index contributed by atoms with van der Waals surface area (Å²) in [5.74, 6) is -1.32. The van der Waals surface area contributed by atoms with Crippen molar-refractivity contribution >= 4 is 40.7 Å². The summed E-state index contributed by atoms with van der Waals surface area (Å²) in [5.41, 5.74) is 1.29. The van der Waals surface area contributed by atoms with Crippen LogP contribution in [0.4, 0.5) is 11.4 Å². The van der Waals surface area contributed by atoms with Crippen LogP contribution in [0.1, 0.15) is 31.3 Å². The van der Waals surface area contributed by atoms with Crippen LogP contribution in [0, 0.1) is 0 Å². The Morgan fingerprint density at radius 1 is 1.04 bits per heavy atom. The van der Waals surface area contributed by atoms with Crippen molar-refractivity contribution in [1.82, 2.24) is 5.16 Å². The summed E-state index contributed by atoms with van der Waals surface area (Å²) in [6.45, 7) is 0. The fraction of sp³-hybridized carbons (Fsp3) is 0. The summed E-state index contributed by atoms with van der Waals surface area (Å²) in [6.07, 6.45) is 1.35. The summed E-state index contributed by atoms with van der Waals surface area (Å²) in [4.78, 5) is 38.1. The highest BCUT2D eigenvalue weighted by Gasteiger charge is 2.37. The number of benzene rings is 2. The van der Waals surface area contributed by atoms with E-state index in [1.807, 2.05) is 0 Å². The van der Waals surface area contributed by atoms with Crippen molar-refractivity contribution in [2.75, 3.05) is 10.2 Å². The Kier molecular flexibility index (Phi) is 3.78. The normalized spacial score (nSPS) is 13.0. The van der Waals surface area contributed by atoms with Crippen molar-refractivity contribution in [2.24, 2.45) is 0 Å². The second-order valence-electron chi connectivity index (χ2n) is 5.49. The van der Waals surface area contributed by atoms with E-state index in [4.69, 9.17) is 16.1 Å². The SMILES string of the molecule is O=C(Nc1ccc(N2C(=O)c3ccccc3C2=O)c(Cl)c1)c1ccno1. The number of nitrogens with one attached hydrogen (secondary N) is 1. The molecule has 0 bridgehead atoms. The summed E-state index contributed by atoms with van der Waals surface area (Å²) >= 11 is 6.26. The van der Waals surface area contributed by atoms with Gasteiger partial charge in [0.15, 0.2) is 0 Å². The zero-order valence-corrected chi connectivity index (χ0v) is 13.9. The first kappa shape index (κ1) is 16.0. The summed E-state index contributed by atoms with van der Waals surface area (Å²) in [5, 5.41) is 6.21. The van der Waals surface area contributed by atoms with E-state index in [2.05, 4.69) is 10.5 Å². The molecule has 0 aliphatic carbocycles. The molecule has 0 atom stereocenters. The van der Waals surface area contributed by atoms with Crippen molar-refractivity contribution in [3.05, 3.63) is 76.6 Å². The minimum atomic E-state index is -0.493. The van der Waals surface area contributed by atoms with Crippen molar-refractivity contribution < 1.29 is 18.9 Å². The van der Waals surface area contributed by atoms with Crippen LogP contribution < -0.4 is 10.2 Å². The lowest BCUT2D eigenvalue weighted by molar-refractivity contribution is 0.0924. The number of imide groups is 1. The van der Waals surface area contributed by atoms with Gasteiger partial charge in [0.05, 0.1) is 28.0 Å². The standard InChI is InChI=1S/C18H10ClN3O4/c19-13-9-10(21-16(23)15-7-8-20-26-15)5-6-14(13)22-17(24)11-3-1-2-4-12(11)18(22)25/h1-9H,(H,21,23). The summed E-state index contributed by atoms with van der Waals surface area (Å²) in [6, 6.07) is 12.5. The molecule has 4 rings (SSSR count). The molecular weight excluding hydrogens is 358 g/mol. The number of halogens is 1. The predicted molar refractivity (Wildman–Crippen MR) is 93.5 cm³/mol. The molecule has 0 spiro atoms. The van der Waals surface area contributed by atoms with E-state index in [-0.39, 0.29) is 16.5 Å². The van der Waals surface area contributed by atoms with E-state index in [9.17, 15) is 14.4 Å². The van der Waals surface area contributed by atoms with Gasteiger partial charge in [0.2, 0.25) is 5.76 Å². The number of aromatic nitrogens is 1. The fourth-order valence-corrected chi connectivity index (χ4v) is 2.96. The third kappa shape index (κ3) is 2.55. The molecule has 26 heavy (non-hydrogen) atoms. The number of anilines is 2. The number of hydrogen-bond donors (Lipinski definition) is 1. The predicted octanol–water partition coefficient (Wildman–Crippen LogP) is 3.38. The first-order valence-electron chi connectivity index (χ1n) is 7.55. The van der Waals surface area contributed by atoms with E-state index < -0.39 is 17.7 Å². The Hall–Kier alpha value is -3.45. The van der Waals surface area contributed by atoms with Gasteiger partial charge >= 0.3 is 0 Å². The molecule has 0 saturated carbocycles. The number of fused-ring (bicyclic) bond motifs is 1. The maximum Gasteiger partial charge on any atom is 0.294 e. The van der Waals surface area contributed by atoms with Crippen LogP contribution in [0.25, 0.3) is 0 Å². The Morgan fingerprint density at radius 3 is 2.31 bits per heavy atom. The van der Waals surface area contributed by atoms with Crippen LogP contribution in [-0.2, 0) is 0 Å². The van der Waals surface area contributed by atoms with Crippen LogP contribution >= 0.6 is 11.6 Å². The minimum Gasteiger partial charge on any atom is -0.351 e. The molecule has 1 aliphatic rings. The van der Waals surface area contributed by atoms with Crippen molar-refractivity contribution in [3.63, 3.8) is 0 Å². The molecule has 8 heteroatoms. The molecule has 0 unspecified atom stereocenters. The third-order valence-electron chi connectivity index (χ3n) is 3.90. The molecular formula is C18H10ClN3O4. The van der Waals surface area contributed by atoms with Gasteiger partial charge in [-0.3, -0.25) is 14.4 Å². The highest BCUT2D eigenvalue weighted by molar-refractivity contribution is 6.40. The number of rotatable bonds is 3. The lowest BCUT2D eigenvalue weighted by Crippen LogP contribution is -2.29. The Morgan fingerprint density at radius 2 is 1.73 bits per heavy atom. The van der Waals surface area contributed by atoms with Gasteiger partial charge in [0.25, 0.3) is 17.7 Å². The molecule has 1 aromatic heterocycles. The van der Waals surface area contributed by atoms with Gasteiger partial charge in [0, 0.05) is 11.8 Å². The van der Waals surface area contributed by atoms with E-state index in [1.165, 1.54) is 24.4 Å². The third-order valence-corrected chi connectivity index (χ3v) is 4.20. The smallest absolute Gasteiger partial charge is 0.294 e. The van der Waals surface area contributed by atoms with Crippen LogP contribution in [0.5, 0.6) is 0 Å². The summed E-state index contributed by atoms with van der Waals surface area (Å²) in [7, 11) is 0. The van der Waals surface area contributed by atoms with Crippen LogP contribution in [0.2, 0.25) is 5.02 Å².